The van der Waals surface area contributed by atoms with E-state index in [1.165, 1.54) is 39.3 Å². The molecule has 5 aromatic rings. The molecule has 0 amide bonds. The summed E-state index contributed by atoms with van der Waals surface area (Å²) >= 11 is 0. The van der Waals surface area contributed by atoms with Crippen molar-refractivity contribution in [2.45, 2.75) is 25.7 Å². The average Bonchev–Trinajstić information content (AvgIpc) is 3.11. The third kappa shape index (κ3) is 5.93. The molecule has 0 bridgehead atoms. The zero-order valence-corrected chi connectivity index (χ0v) is 24.9. The standard InChI is InChI=1S/C42H36N2/c1-5-13-37(14-6-1)43(38-15-7-2-8-16-38)41-29-25-35(26-30-41)33-21-23-34(24-22-33)36-27-31-42(32-28-36)44(39-17-9-3-10-18-39)40-19-11-4-12-20-40/h1-3,5-11,13-21,23,25-32H,4,12,22,24H2. The number of allylic oxidation sites excluding steroid dienone is 7. The highest BCUT2D eigenvalue weighted by molar-refractivity contribution is 5.81. The van der Waals surface area contributed by atoms with E-state index in [4.69, 9.17) is 0 Å². The molecular weight excluding hydrogens is 532 g/mol. The molecule has 7 rings (SSSR count). The summed E-state index contributed by atoms with van der Waals surface area (Å²) in [5.74, 6) is 0. The molecule has 0 radical (unpaired) electrons. The Kier molecular flexibility index (Phi) is 8.05. The van der Waals surface area contributed by atoms with Gasteiger partial charge in [-0.05, 0) is 115 Å². The normalized spacial score (nSPS) is 14.3. The van der Waals surface area contributed by atoms with E-state index in [0.717, 1.165) is 42.7 Å². The van der Waals surface area contributed by atoms with Crippen LogP contribution in [0.2, 0.25) is 0 Å². The number of benzene rings is 5. The maximum Gasteiger partial charge on any atom is 0.0462 e. The fourth-order valence-electron chi connectivity index (χ4n) is 6.16. The van der Waals surface area contributed by atoms with E-state index in [2.05, 4.69) is 180 Å². The van der Waals surface area contributed by atoms with Crippen molar-refractivity contribution in [3.8, 4) is 0 Å². The minimum atomic E-state index is 1.03. The Bertz CT molecular complexity index is 1770. The summed E-state index contributed by atoms with van der Waals surface area (Å²) in [4.78, 5) is 4.66. The van der Waals surface area contributed by atoms with Gasteiger partial charge in [-0.2, -0.15) is 0 Å². The predicted molar refractivity (Wildman–Crippen MR) is 188 cm³/mol. The first-order valence-corrected chi connectivity index (χ1v) is 15.6. The van der Waals surface area contributed by atoms with E-state index in [-0.39, 0.29) is 0 Å². The van der Waals surface area contributed by atoms with E-state index in [1.807, 2.05) is 0 Å². The summed E-state index contributed by atoms with van der Waals surface area (Å²) in [5, 5.41) is 0. The number of para-hydroxylation sites is 3. The molecule has 44 heavy (non-hydrogen) atoms. The van der Waals surface area contributed by atoms with Gasteiger partial charge in [0.25, 0.3) is 0 Å². The van der Waals surface area contributed by atoms with Crippen LogP contribution in [0.3, 0.4) is 0 Å². The van der Waals surface area contributed by atoms with Crippen LogP contribution in [0.1, 0.15) is 36.8 Å². The number of rotatable bonds is 8. The van der Waals surface area contributed by atoms with Crippen molar-refractivity contribution in [3.63, 3.8) is 0 Å². The second-order valence-corrected chi connectivity index (χ2v) is 11.3. The molecule has 0 atom stereocenters. The Morgan fingerprint density at radius 1 is 0.386 bits per heavy atom. The molecule has 2 aliphatic rings. The lowest BCUT2D eigenvalue weighted by molar-refractivity contribution is 0.997. The van der Waals surface area contributed by atoms with Crippen LogP contribution in [0, 0.1) is 0 Å². The highest BCUT2D eigenvalue weighted by Crippen LogP contribution is 2.38. The monoisotopic (exact) mass is 568 g/mol. The van der Waals surface area contributed by atoms with Gasteiger partial charge in [0.05, 0.1) is 0 Å². The Morgan fingerprint density at radius 3 is 1.20 bits per heavy atom. The summed E-state index contributed by atoms with van der Waals surface area (Å²) in [6.07, 6.45) is 15.7. The zero-order valence-electron chi connectivity index (χ0n) is 24.9. The van der Waals surface area contributed by atoms with Crippen LogP contribution < -0.4 is 9.80 Å². The highest BCUT2D eigenvalue weighted by Gasteiger charge is 2.16. The van der Waals surface area contributed by atoms with Crippen molar-refractivity contribution >= 4 is 39.6 Å². The molecule has 0 fully saturated rings. The lowest BCUT2D eigenvalue weighted by Crippen LogP contribution is -2.16. The first-order valence-electron chi connectivity index (χ1n) is 15.6. The van der Waals surface area contributed by atoms with Gasteiger partial charge in [-0.25, -0.2) is 0 Å². The van der Waals surface area contributed by atoms with Crippen LogP contribution in [-0.4, -0.2) is 0 Å². The zero-order chi connectivity index (χ0) is 29.6. The molecule has 2 nitrogen and oxygen atoms in total. The quantitative estimate of drug-likeness (QED) is 0.184. The van der Waals surface area contributed by atoms with Crippen molar-refractivity contribution in [2.24, 2.45) is 0 Å². The first-order chi connectivity index (χ1) is 21.8. The van der Waals surface area contributed by atoms with E-state index in [0.29, 0.717) is 0 Å². The van der Waals surface area contributed by atoms with Crippen LogP contribution in [0.5, 0.6) is 0 Å². The molecule has 0 aromatic heterocycles. The topological polar surface area (TPSA) is 6.48 Å². The number of anilines is 5. The van der Waals surface area contributed by atoms with Crippen molar-refractivity contribution in [1.29, 1.82) is 0 Å². The van der Waals surface area contributed by atoms with Gasteiger partial charge in [0.1, 0.15) is 0 Å². The molecular formula is C42H36N2. The van der Waals surface area contributed by atoms with Crippen molar-refractivity contribution in [3.05, 3.63) is 187 Å². The number of hydrogen-bond acceptors (Lipinski definition) is 2. The Balaban J connectivity index is 1.11. The lowest BCUT2D eigenvalue weighted by atomic mass is 9.90. The van der Waals surface area contributed by atoms with Crippen LogP contribution >= 0.6 is 0 Å². The van der Waals surface area contributed by atoms with Crippen LogP contribution in [-0.2, 0) is 0 Å². The van der Waals surface area contributed by atoms with Gasteiger partial charge in [0.2, 0.25) is 0 Å². The van der Waals surface area contributed by atoms with Crippen LogP contribution in [0.25, 0.3) is 11.1 Å². The van der Waals surface area contributed by atoms with E-state index in [9.17, 15) is 0 Å². The minimum Gasteiger partial charge on any atom is -0.311 e. The van der Waals surface area contributed by atoms with Gasteiger partial charge in [0, 0.05) is 34.1 Å². The smallest absolute Gasteiger partial charge is 0.0462 e. The van der Waals surface area contributed by atoms with Gasteiger partial charge in [-0.1, -0.05) is 103 Å². The Labute approximate surface area is 261 Å². The van der Waals surface area contributed by atoms with E-state index < -0.39 is 0 Å². The molecule has 0 N–H and O–H groups in total. The van der Waals surface area contributed by atoms with Crippen molar-refractivity contribution in [2.75, 3.05) is 9.80 Å². The molecule has 0 spiro atoms. The SMILES string of the molecule is C1=CC(N(c2ccccc2)c2ccc(C3=CC=C(c4ccc(N(c5ccccc5)c5ccccc5)cc4)CC3)cc2)=CCC1. The van der Waals surface area contributed by atoms with Gasteiger partial charge in [0.15, 0.2) is 0 Å². The predicted octanol–water partition coefficient (Wildman–Crippen LogP) is 11.8. The average molecular weight is 569 g/mol. The second-order valence-electron chi connectivity index (χ2n) is 11.3. The fourth-order valence-corrected chi connectivity index (χ4v) is 6.16. The third-order valence-electron chi connectivity index (χ3n) is 8.42. The third-order valence-corrected chi connectivity index (χ3v) is 8.42. The van der Waals surface area contributed by atoms with Gasteiger partial charge >= 0.3 is 0 Å². The maximum atomic E-state index is 2.35. The Hall–Kier alpha value is -5.34. The molecule has 0 saturated heterocycles. The number of nitrogens with zero attached hydrogens (tertiary/aromatic N) is 2. The molecule has 214 valence electrons. The van der Waals surface area contributed by atoms with Gasteiger partial charge in [-0.3, -0.25) is 0 Å². The molecule has 2 aliphatic carbocycles. The largest absolute Gasteiger partial charge is 0.311 e. The minimum absolute atomic E-state index is 1.03. The van der Waals surface area contributed by atoms with E-state index in [1.54, 1.807) is 0 Å². The lowest BCUT2D eigenvalue weighted by Gasteiger charge is -2.28. The molecule has 0 saturated carbocycles. The first kappa shape index (κ1) is 27.5. The van der Waals surface area contributed by atoms with Crippen molar-refractivity contribution in [1.82, 2.24) is 0 Å². The summed E-state index contributed by atoms with van der Waals surface area (Å²) in [6, 6.07) is 49.9. The summed E-state index contributed by atoms with van der Waals surface area (Å²) in [7, 11) is 0. The highest BCUT2D eigenvalue weighted by atomic mass is 15.1. The Morgan fingerprint density at radius 2 is 0.795 bits per heavy atom. The fraction of sp³-hybridized carbons (Fsp3) is 0.0952. The maximum absolute atomic E-state index is 2.35. The molecule has 2 heteroatoms. The summed E-state index contributed by atoms with van der Waals surface area (Å²) < 4.78 is 0. The molecule has 5 aromatic carbocycles. The summed E-state index contributed by atoms with van der Waals surface area (Å²) in [6.45, 7) is 0. The molecule has 0 unspecified atom stereocenters. The molecule has 0 heterocycles. The summed E-state index contributed by atoms with van der Waals surface area (Å²) in [5.41, 5.74) is 12.4. The van der Waals surface area contributed by atoms with Crippen LogP contribution in [0.4, 0.5) is 28.4 Å². The molecule has 0 aliphatic heterocycles. The van der Waals surface area contributed by atoms with Crippen LogP contribution in [0.15, 0.2) is 176 Å². The van der Waals surface area contributed by atoms with Gasteiger partial charge < -0.3 is 9.80 Å². The number of hydrogen-bond donors (Lipinski definition) is 0. The second kappa shape index (κ2) is 12.9. The van der Waals surface area contributed by atoms with Gasteiger partial charge in [-0.15, -0.1) is 0 Å². The van der Waals surface area contributed by atoms with E-state index >= 15 is 0 Å². The van der Waals surface area contributed by atoms with Crippen molar-refractivity contribution < 1.29 is 0 Å².